The highest BCUT2D eigenvalue weighted by Crippen LogP contribution is 2.22. The topological polar surface area (TPSA) is 48.5 Å². The number of pyridine rings is 1. The van der Waals surface area contributed by atoms with E-state index in [1.807, 2.05) is 24.3 Å². The van der Waals surface area contributed by atoms with E-state index in [2.05, 4.69) is 27.0 Å². The minimum absolute atomic E-state index is 0.0745. The van der Waals surface area contributed by atoms with E-state index in [1.165, 1.54) is 6.07 Å². The van der Waals surface area contributed by atoms with Gasteiger partial charge in [0.15, 0.2) is 0 Å². The Balaban J connectivity index is 1.53. The monoisotopic (exact) mass is 370 g/mol. The summed E-state index contributed by atoms with van der Waals surface area (Å²) in [7, 11) is 0. The number of anilines is 2. The van der Waals surface area contributed by atoms with E-state index in [4.69, 9.17) is 0 Å². The first-order chi connectivity index (χ1) is 13.2. The summed E-state index contributed by atoms with van der Waals surface area (Å²) in [5, 5.41) is 2.93. The predicted octanol–water partition coefficient (Wildman–Crippen LogP) is 3.47. The minimum atomic E-state index is -0.182. The summed E-state index contributed by atoms with van der Waals surface area (Å²) in [4.78, 5) is 20.8. The number of carbonyl (C=O) groups is 1. The smallest absolute Gasteiger partial charge is 0.252 e. The lowest BCUT2D eigenvalue weighted by atomic mass is 10.2. The fourth-order valence-corrected chi connectivity index (χ4v) is 3.27. The lowest BCUT2D eigenvalue weighted by Gasteiger charge is -2.36. The van der Waals surface area contributed by atoms with E-state index >= 15 is 0 Å². The minimum Gasteiger partial charge on any atom is -0.366 e. The first-order valence-electron chi connectivity index (χ1n) is 9.67. The summed E-state index contributed by atoms with van der Waals surface area (Å²) in [6, 6.07) is 10.6. The maximum Gasteiger partial charge on any atom is 0.252 e. The molecule has 1 aromatic carbocycles. The number of hydrogen-bond donors (Lipinski definition) is 1. The van der Waals surface area contributed by atoms with Crippen LogP contribution < -0.4 is 15.1 Å². The van der Waals surface area contributed by atoms with Gasteiger partial charge < -0.3 is 15.1 Å². The van der Waals surface area contributed by atoms with Gasteiger partial charge in [0.25, 0.3) is 5.91 Å². The standard InChI is InChI=1S/C21H27FN4O/c1-2-3-6-11-23-21(27)17-9-10-20(24-16-17)26-14-12-25(13-15-26)19-8-5-4-7-18(19)22/h4-5,7-10,16H,2-3,6,11-15H2,1H3,(H,23,27). The van der Waals surface area contributed by atoms with Crippen LogP contribution in [0, 0.1) is 5.82 Å². The van der Waals surface area contributed by atoms with Crippen LogP contribution in [0.3, 0.4) is 0 Å². The molecular weight excluding hydrogens is 343 g/mol. The van der Waals surface area contributed by atoms with Gasteiger partial charge in [-0.15, -0.1) is 0 Å². The molecule has 3 rings (SSSR count). The van der Waals surface area contributed by atoms with Crippen LogP contribution in [0.15, 0.2) is 42.6 Å². The van der Waals surface area contributed by atoms with Gasteiger partial charge in [-0.3, -0.25) is 4.79 Å². The molecule has 0 radical (unpaired) electrons. The highest BCUT2D eigenvalue weighted by molar-refractivity contribution is 5.94. The second-order valence-electron chi connectivity index (χ2n) is 6.79. The Morgan fingerprint density at radius 3 is 2.48 bits per heavy atom. The number of nitrogens with zero attached hydrogens (tertiary/aromatic N) is 3. The zero-order valence-corrected chi connectivity index (χ0v) is 15.8. The van der Waals surface area contributed by atoms with Crippen molar-refractivity contribution >= 4 is 17.4 Å². The molecule has 1 saturated heterocycles. The Morgan fingerprint density at radius 1 is 1.07 bits per heavy atom. The number of unbranched alkanes of at least 4 members (excludes halogenated alkanes) is 2. The van der Waals surface area contributed by atoms with Crippen LogP contribution in [-0.4, -0.2) is 43.6 Å². The Kier molecular flexibility index (Phi) is 6.63. The zero-order chi connectivity index (χ0) is 19.1. The first-order valence-corrected chi connectivity index (χ1v) is 9.67. The van der Waals surface area contributed by atoms with E-state index in [1.54, 1.807) is 12.3 Å². The van der Waals surface area contributed by atoms with Gasteiger partial charge in [-0.1, -0.05) is 31.9 Å². The molecule has 0 bridgehead atoms. The summed E-state index contributed by atoms with van der Waals surface area (Å²) < 4.78 is 13.9. The number of nitrogens with one attached hydrogen (secondary N) is 1. The number of halogens is 1. The Bertz CT molecular complexity index is 742. The van der Waals surface area contributed by atoms with Crippen molar-refractivity contribution < 1.29 is 9.18 Å². The quantitative estimate of drug-likeness (QED) is 0.758. The molecule has 1 N–H and O–H groups in total. The van der Waals surface area contributed by atoms with Gasteiger partial charge in [0, 0.05) is 38.9 Å². The number of benzene rings is 1. The summed E-state index contributed by atoms with van der Waals surface area (Å²) >= 11 is 0. The number of carbonyl (C=O) groups excluding carboxylic acids is 1. The van der Waals surface area contributed by atoms with E-state index in [0.717, 1.165) is 51.3 Å². The highest BCUT2D eigenvalue weighted by Gasteiger charge is 2.20. The normalized spacial score (nSPS) is 14.3. The Morgan fingerprint density at radius 2 is 1.81 bits per heavy atom. The fourth-order valence-electron chi connectivity index (χ4n) is 3.27. The maximum absolute atomic E-state index is 13.9. The van der Waals surface area contributed by atoms with Crippen molar-refractivity contribution in [1.82, 2.24) is 10.3 Å². The molecule has 1 aliphatic rings. The van der Waals surface area contributed by atoms with E-state index in [-0.39, 0.29) is 11.7 Å². The van der Waals surface area contributed by atoms with Crippen molar-refractivity contribution in [3.05, 3.63) is 54.0 Å². The Labute approximate surface area is 160 Å². The average Bonchev–Trinajstić information content (AvgIpc) is 2.72. The van der Waals surface area contributed by atoms with Crippen molar-refractivity contribution in [2.45, 2.75) is 26.2 Å². The van der Waals surface area contributed by atoms with Crippen LogP contribution in [0.2, 0.25) is 0 Å². The third-order valence-electron chi connectivity index (χ3n) is 4.87. The lowest BCUT2D eigenvalue weighted by molar-refractivity contribution is 0.0952. The molecule has 0 unspecified atom stereocenters. The molecule has 0 saturated carbocycles. The van der Waals surface area contributed by atoms with Crippen LogP contribution in [-0.2, 0) is 0 Å². The van der Waals surface area contributed by atoms with Crippen LogP contribution in [0.1, 0.15) is 36.5 Å². The third kappa shape index (κ3) is 4.96. The largest absolute Gasteiger partial charge is 0.366 e. The van der Waals surface area contributed by atoms with Crippen molar-refractivity contribution in [2.75, 3.05) is 42.5 Å². The van der Waals surface area contributed by atoms with E-state index < -0.39 is 0 Å². The molecule has 5 nitrogen and oxygen atoms in total. The third-order valence-corrected chi connectivity index (χ3v) is 4.87. The number of rotatable bonds is 7. The molecular formula is C21H27FN4O. The van der Waals surface area contributed by atoms with Gasteiger partial charge in [-0.05, 0) is 30.7 Å². The molecule has 2 aromatic rings. The van der Waals surface area contributed by atoms with Crippen LogP contribution in [0.25, 0.3) is 0 Å². The molecule has 6 heteroatoms. The van der Waals surface area contributed by atoms with Crippen LogP contribution in [0.5, 0.6) is 0 Å². The number of piperazine rings is 1. The van der Waals surface area contributed by atoms with Crippen molar-refractivity contribution in [1.29, 1.82) is 0 Å². The van der Waals surface area contributed by atoms with Gasteiger partial charge in [0.2, 0.25) is 0 Å². The van der Waals surface area contributed by atoms with Crippen LogP contribution in [0.4, 0.5) is 15.9 Å². The number of para-hydroxylation sites is 1. The molecule has 1 aromatic heterocycles. The number of hydrogen-bond acceptors (Lipinski definition) is 4. The lowest BCUT2D eigenvalue weighted by Crippen LogP contribution is -2.47. The number of aromatic nitrogens is 1. The molecule has 1 fully saturated rings. The van der Waals surface area contributed by atoms with Gasteiger partial charge in [-0.25, -0.2) is 9.37 Å². The molecule has 0 atom stereocenters. The van der Waals surface area contributed by atoms with E-state index in [9.17, 15) is 9.18 Å². The predicted molar refractivity (Wildman–Crippen MR) is 107 cm³/mol. The summed E-state index contributed by atoms with van der Waals surface area (Å²) in [6.45, 7) is 5.85. The van der Waals surface area contributed by atoms with Crippen molar-refractivity contribution in [3.63, 3.8) is 0 Å². The molecule has 1 amide bonds. The molecule has 27 heavy (non-hydrogen) atoms. The molecule has 2 heterocycles. The van der Waals surface area contributed by atoms with Gasteiger partial charge in [0.1, 0.15) is 11.6 Å². The molecule has 1 aliphatic heterocycles. The molecule has 0 aliphatic carbocycles. The van der Waals surface area contributed by atoms with Crippen LogP contribution >= 0.6 is 0 Å². The number of amides is 1. The average molecular weight is 370 g/mol. The van der Waals surface area contributed by atoms with Gasteiger partial charge >= 0.3 is 0 Å². The van der Waals surface area contributed by atoms with Gasteiger partial charge in [-0.2, -0.15) is 0 Å². The second kappa shape index (κ2) is 9.35. The van der Waals surface area contributed by atoms with Gasteiger partial charge in [0.05, 0.1) is 11.3 Å². The SMILES string of the molecule is CCCCCNC(=O)c1ccc(N2CCN(c3ccccc3F)CC2)nc1. The fraction of sp³-hybridized carbons (Fsp3) is 0.429. The summed E-state index contributed by atoms with van der Waals surface area (Å²) in [5.41, 5.74) is 1.24. The molecule has 0 spiro atoms. The summed E-state index contributed by atoms with van der Waals surface area (Å²) in [5.74, 6) is 0.596. The zero-order valence-electron chi connectivity index (χ0n) is 15.8. The Hall–Kier alpha value is -2.63. The summed E-state index contributed by atoms with van der Waals surface area (Å²) in [6.07, 6.45) is 4.89. The maximum atomic E-state index is 13.9. The van der Waals surface area contributed by atoms with Crippen molar-refractivity contribution in [3.8, 4) is 0 Å². The second-order valence-corrected chi connectivity index (χ2v) is 6.79. The first kappa shape index (κ1) is 19.1. The van der Waals surface area contributed by atoms with Crippen molar-refractivity contribution in [2.24, 2.45) is 0 Å². The van der Waals surface area contributed by atoms with E-state index in [0.29, 0.717) is 17.8 Å². The molecule has 144 valence electrons. The highest BCUT2D eigenvalue weighted by atomic mass is 19.1.